The fourth-order valence-electron chi connectivity index (χ4n) is 4.42. The lowest BCUT2D eigenvalue weighted by molar-refractivity contribution is -0.148. The molecule has 7 heteroatoms. The molecule has 0 bridgehead atoms. The molecule has 1 N–H and O–H groups in total. The highest BCUT2D eigenvalue weighted by molar-refractivity contribution is 5.96. The highest BCUT2D eigenvalue weighted by Crippen LogP contribution is 2.29. The first-order chi connectivity index (χ1) is 13.9. The molecule has 2 aliphatic heterocycles. The predicted octanol–water partition coefficient (Wildman–Crippen LogP) is 2.42. The van der Waals surface area contributed by atoms with Crippen LogP contribution in [0.1, 0.15) is 35.0 Å². The molecule has 3 atom stereocenters. The molecule has 0 saturated carbocycles. The molecular weight excluding hydrogens is 372 g/mol. The average molecular weight is 396 g/mol. The fourth-order valence-corrected chi connectivity index (χ4v) is 4.42. The molecule has 2 aromatic rings. The molecule has 0 radical (unpaired) electrons. The van der Waals surface area contributed by atoms with E-state index in [4.69, 9.17) is 4.42 Å². The summed E-state index contributed by atoms with van der Waals surface area (Å²) >= 11 is 0. The Morgan fingerprint density at radius 2 is 1.83 bits per heavy atom. The summed E-state index contributed by atoms with van der Waals surface area (Å²) in [6, 6.07) is 10.3. The summed E-state index contributed by atoms with van der Waals surface area (Å²) in [6.07, 6.45) is 2.40. The zero-order valence-electron chi connectivity index (χ0n) is 16.3. The maximum Gasteiger partial charge on any atom is 0.308 e. The van der Waals surface area contributed by atoms with E-state index in [1.807, 2.05) is 31.2 Å². The van der Waals surface area contributed by atoms with Crippen molar-refractivity contribution >= 4 is 17.8 Å². The van der Waals surface area contributed by atoms with E-state index in [1.54, 1.807) is 21.9 Å². The summed E-state index contributed by atoms with van der Waals surface area (Å²) < 4.78 is 5.28. The van der Waals surface area contributed by atoms with Crippen LogP contribution in [-0.4, -0.2) is 51.8 Å². The number of amides is 2. The van der Waals surface area contributed by atoms with Gasteiger partial charge in [0.2, 0.25) is 5.91 Å². The van der Waals surface area contributed by atoms with Crippen LogP contribution in [0.15, 0.2) is 47.1 Å². The zero-order valence-corrected chi connectivity index (χ0v) is 16.3. The number of carbonyl (C=O) groups excluding carboxylic acids is 2. The van der Waals surface area contributed by atoms with Crippen LogP contribution in [0.3, 0.4) is 0 Å². The van der Waals surface area contributed by atoms with Gasteiger partial charge in [-0.2, -0.15) is 0 Å². The van der Waals surface area contributed by atoms with Crippen LogP contribution < -0.4 is 0 Å². The SMILES string of the molecule is CC1CC(C(=O)O)CN(C(=O)C2Cc3ccccc3CN2C(=O)c2ccco2)C1. The Kier molecular flexibility index (Phi) is 5.13. The number of aliphatic carboxylic acids is 1. The Hall–Kier alpha value is -3.09. The molecule has 2 aliphatic rings. The topological polar surface area (TPSA) is 91.1 Å². The van der Waals surface area contributed by atoms with Crippen LogP contribution in [0.2, 0.25) is 0 Å². The second-order valence-electron chi connectivity index (χ2n) is 8.02. The third kappa shape index (κ3) is 3.77. The van der Waals surface area contributed by atoms with E-state index in [1.165, 1.54) is 6.26 Å². The van der Waals surface area contributed by atoms with Crippen molar-refractivity contribution in [3.63, 3.8) is 0 Å². The van der Waals surface area contributed by atoms with E-state index in [2.05, 4.69) is 0 Å². The van der Waals surface area contributed by atoms with Gasteiger partial charge < -0.3 is 19.3 Å². The molecule has 7 nitrogen and oxygen atoms in total. The third-order valence-corrected chi connectivity index (χ3v) is 5.85. The molecule has 29 heavy (non-hydrogen) atoms. The number of benzene rings is 1. The smallest absolute Gasteiger partial charge is 0.308 e. The minimum Gasteiger partial charge on any atom is -0.481 e. The monoisotopic (exact) mass is 396 g/mol. The molecular formula is C22H24N2O5. The van der Waals surface area contributed by atoms with Gasteiger partial charge in [-0.3, -0.25) is 14.4 Å². The minimum atomic E-state index is -0.883. The number of rotatable bonds is 3. The van der Waals surface area contributed by atoms with Crippen molar-refractivity contribution in [2.45, 2.75) is 32.4 Å². The number of hydrogen-bond donors (Lipinski definition) is 1. The third-order valence-electron chi connectivity index (χ3n) is 5.85. The van der Waals surface area contributed by atoms with Crippen LogP contribution in [0.25, 0.3) is 0 Å². The first-order valence-corrected chi connectivity index (χ1v) is 9.87. The van der Waals surface area contributed by atoms with Crippen molar-refractivity contribution < 1.29 is 23.9 Å². The Bertz CT molecular complexity index is 923. The summed E-state index contributed by atoms with van der Waals surface area (Å²) in [6.45, 7) is 2.96. The molecule has 152 valence electrons. The number of likely N-dealkylation sites (tertiary alicyclic amines) is 1. The van der Waals surface area contributed by atoms with Crippen molar-refractivity contribution in [3.05, 3.63) is 59.5 Å². The van der Waals surface area contributed by atoms with Gasteiger partial charge in [-0.25, -0.2) is 0 Å². The van der Waals surface area contributed by atoms with Gasteiger partial charge in [0.1, 0.15) is 6.04 Å². The molecule has 1 saturated heterocycles. The first kappa shape index (κ1) is 19.2. The highest BCUT2D eigenvalue weighted by atomic mass is 16.4. The fraction of sp³-hybridized carbons (Fsp3) is 0.409. The molecule has 3 heterocycles. The summed E-state index contributed by atoms with van der Waals surface area (Å²) in [5, 5.41) is 9.45. The van der Waals surface area contributed by atoms with E-state index < -0.39 is 17.9 Å². The van der Waals surface area contributed by atoms with Crippen LogP contribution in [-0.2, 0) is 22.6 Å². The Morgan fingerprint density at radius 1 is 1.07 bits per heavy atom. The maximum atomic E-state index is 13.5. The molecule has 1 fully saturated rings. The highest BCUT2D eigenvalue weighted by Gasteiger charge is 2.40. The first-order valence-electron chi connectivity index (χ1n) is 9.87. The second kappa shape index (κ2) is 7.73. The van der Waals surface area contributed by atoms with E-state index in [0.717, 1.165) is 11.1 Å². The Labute approximate surface area is 168 Å². The summed E-state index contributed by atoms with van der Waals surface area (Å²) in [7, 11) is 0. The largest absolute Gasteiger partial charge is 0.481 e. The maximum absolute atomic E-state index is 13.5. The molecule has 4 rings (SSSR count). The number of nitrogens with zero attached hydrogens (tertiary/aromatic N) is 2. The van der Waals surface area contributed by atoms with E-state index in [-0.39, 0.29) is 30.0 Å². The Balaban J connectivity index is 1.64. The number of carbonyl (C=O) groups is 3. The van der Waals surface area contributed by atoms with Gasteiger partial charge in [-0.15, -0.1) is 0 Å². The van der Waals surface area contributed by atoms with Crippen molar-refractivity contribution in [1.29, 1.82) is 0 Å². The molecule has 1 aromatic carbocycles. The molecule has 0 aliphatic carbocycles. The van der Waals surface area contributed by atoms with Gasteiger partial charge in [0.15, 0.2) is 5.76 Å². The Morgan fingerprint density at radius 3 is 2.52 bits per heavy atom. The lowest BCUT2D eigenvalue weighted by Gasteiger charge is -2.41. The second-order valence-corrected chi connectivity index (χ2v) is 8.02. The molecule has 1 aromatic heterocycles. The normalized spacial score (nSPS) is 24.1. The number of piperidine rings is 1. The lowest BCUT2D eigenvalue weighted by atomic mass is 9.88. The summed E-state index contributed by atoms with van der Waals surface area (Å²) in [4.78, 5) is 41.2. The number of furan rings is 1. The zero-order chi connectivity index (χ0) is 20.5. The number of carboxylic acids is 1. The molecule has 3 unspecified atom stereocenters. The van der Waals surface area contributed by atoms with Gasteiger partial charge >= 0.3 is 5.97 Å². The van der Waals surface area contributed by atoms with Crippen LogP contribution in [0.4, 0.5) is 0 Å². The van der Waals surface area contributed by atoms with E-state index >= 15 is 0 Å². The summed E-state index contributed by atoms with van der Waals surface area (Å²) in [5.41, 5.74) is 2.04. The minimum absolute atomic E-state index is 0.0962. The van der Waals surface area contributed by atoms with Crippen LogP contribution in [0.5, 0.6) is 0 Å². The number of carboxylic acid groups (broad SMARTS) is 1. The van der Waals surface area contributed by atoms with Crippen molar-refractivity contribution in [2.24, 2.45) is 11.8 Å². The van der Waals surface area contributed by atoms with Crippen molar-refractivity contribution in [3.8, 4) is 0 Å². The average Bonchev–Trinajstić information content (AvgIpc) is 3.26. The lowest BCUT2D eigenvalue weighted by Crippen LogP contribution is -2.56. The van der Waals surface area contributed by atoms with E-state index in [9.17, 15) is 19.5 Å². The van der Waals surface area contributed by atoms with Crippen molar-refractivity contribution in [2.75, 3.05) is 13.1 Å². The van der Waals surface area contributed by atoms with Gasteiger partial charge in [0.05, 0.1) is 12.2 Å². The van der Waals surface area contributed by atoms with Crippen LogP contribution in [0, 0.1) is 11.8 Å². The summed E-state index contributed by atoms with van der Waals surface area (Å²) in [5.74, 6) is -1.70. The van der Waals surface area contributed by atoms with Crippen LogP contribution >= 0.6 is 0 Å². The van der Waals surface area contributed by atoms with Crippen molar-refractivity contribution in [1.82, 2.24) is 9.80 Å². The predicted molar refractivity (Wildman–Crippen MR) is 104 cm³/mol. The quantitative estimate of drug-likeness (QED) is 0.860. The van der Waals surface area contributed by atoms with Gasteiger partial charge in [0.25, 0.3) is 5.91 Å². The number of fused-ring (bicyclic) bond motifs is 1. The number of hydrogen-bond acceptors (Lipinski definition) is 4. The van der Waals surface area contributed by atoms with Gasteiger partial charge in [0, 0.05) is 26.1 Å². The van der Waals surface area contributed by atoms with E-state index in [0.29, 0.717) is 25.9 Å². The van der Waals surface area contributed by atoms with Gasteiger partial charge in [-0.1, -0.05) is 31.2 Å². The standard InChI is InChI=1S/C22H24N2O5/c1-14-9-17(22(27)28)12-23(11-14)20(25)18-10-15-5-2-3-6-16(15)13-24(18)21(26)19-7-4-8-29-19/h2-8,14,17-18H,9-13H2,1H3,(H,27,28). The van der Waals surface area contributed by atoms with Gasteiger partial charge in [-0.05, 0) is 35.6 Å². The molecule has 2 amide bonds. The molecule has 0 spiro atoms.